The smallest absolute Gasteiger partial charge is 0.152 e. The van der Waals surface area contributed by atoms with Gasteiger partial charge in [-0.15, -0.1) is 0 Å². The van der Waals surface area contributed by atoms with E-state index in [1.807, 2.05) is 19.2 Å². The standard InChI is InChI=1S/C11H16N4OS/c1-9(17(2)16)3-5-12-11-10-4-6-14-15(10)8-7-13-11/h4,6-9H,3,5H2,1-2H3,(H,12,13). The van der Waals surface area contributed by atoms with E-state index in [9.17, 15) is 4.21 Å². The number of fused-ring (bicyclic) bond motifs is 1. The molecule has 6 heteroatoms. The maximum Gasteiger partial charge on any atom is 0.152 e. The van der Waals surface area contributed by atoms with Gasteiger partial charge >= 0.3 is 0 Å². The minimum atomic E-state index is -0.766. The van der Waals surface area contributed by atoms with Crippen LogP contribution in [0.25, 0.3) is 5.52 Å². The van der Waals surface area contributed by atoms with Crippen molar-refractivity contribution in [2.24, 2.45) is 0 Å². The summed E-state index contributed by atoms with van der Waals surface area (Å²) in [6.07, 6.45) is 7.86. The third kappa shape index (κ3) is 2.82. The molecule has 2 aromatic rings. The fraction of sp³-hybridized carbons (Fsp3) is 0.455. The first-order chi connectivity index (χ1) is 8.18. The third-order valence-electron chi connectivity index (χ3n) is 2.73. The minimum absolute atomic E-state index is 0.201. The molecule has 2 aromatic heterocycles. The summed E-state index contributed by atoms with van der Waals surface area (Å²) in [5, 5.41) is 7.59. The predicted octanol–water partition coefficient (Wildman–Crippen LogP) is 1.30. The Morgan fingerprint density at radius 1 is 1.53 bits per heavy atom. The van der Waals surface area contributed by atoms with Crippen molar-refractivity contribution < 1.29 is 4.21 Å². The lowest BCUT2D eigenvalue weighted by Crippen LogP contribution is -2.15. The van der Waals surface area contributed by atoms with Gasteiger partial charge in [0.05, 0.1) is 6.20 Å². The van der Waals surface area contributed by atoms with E-state index in [4.69, 9.17) is 0 Å². The zero-order chi connectivity index (χ0) is 12.3. The van der Waals surface area contributed by atoms with Crippen LogP contribution in [0.4, 0.5) is 5.82 Å². The molecule has 2 rings (SSSR count). The van der Waals surface area contributed by atoms with Crippen molar-refractivity contribution in [2.45, 2.75) is 18.6 Å². The van der Waals surface area contributed by atoms with Crippen LogP contribution in [0, 0.1) is 0 Å². The number of rotatable bonds is 5. The van der Waals surface area contributed by atoms with Gasteiger partial charge in [-0.3, -0.25) is 4.21 Å². The number of aromatic nitrogens is 3. The average Bonchev–Trinajstić information content (AvgIpc) is 2.77. The van der Waals surface area contributed by atoms with Crippen LogP contribution in [0.3, 0.4) is 0 Å². The van der Waals surface area contributed by atoms with Gasteiger partial charge < -0.3 is 5.32 Å². The SMILES string of the molecule is CC(CCNc1nccn2nccc12)S(C)=O. The maximum absolute atomic E-state index is 11.2. The minimum Gasteiger partial charge on any atom is -0.368 e. The summed E-state index contributed by atoms with van der Waals surface area (Å²) in [5.74, 6) is 0.819. The Labute approximate surface area is 103 Å². The molecule has 0 spiro atoms. The zero-order valence-corrected chi connectivity index (χ0v) is 10.8. The van der Waals surface area contributed by atoms with Crippen LogP contribution in [0.15, 0.2) is 24.7 Å². The lowest BCUT2D eigenvalue weighted by atomic mass is 10.3. The van der Waals surface area contributed by atoms with E-state index in [1.165, 1.54) is 0 Å². The molecule has 0 bridgehead atoms. The number of anilines is 1. The van der Waals surface area contributed by atoms with Gasteiger partial charge in [-0.05, 0) is 12.5 Å². The Balaban J connectivity index is 1.99. The summed E-state index contributed by atoms with van der Waals surface area (Å²) in [7, 11) is -0.766. The van der Waals surface area contributed by atoms with E-state index >= 15 is 0 Å². The second kappa shape index (κ2) is 5.27. The van der Waals surface area contributed by atoms with Crippen LogP contribution in [0.2, 0.25) is 0 Å². The topological polar surface area (TPSA) is 59.3 Å². The Morgan fingerprint density at radius 2 is 2.35 bits per heavy atom. The van der Waals surface area contributed by atoms with Gasteiger partial charge in [0.15, 0.2) is 5.82 Å². The summed E-state index contributed by atoms with van der Waals surface area (Å²) >= 11 is 0. The highest BCUT2D eigenvalue weighted by atomic mass is 32.2. The van der Waals surface area contributed by atoms with E-state index in [2.05, 4.69) is 15.4 Å². The van der Waals surface area contributed by atoms with Gasteiger partial charge in [-0.1, -0.05) is 6.92 Å². The van der Waals surface area contributed by atoms with E-state index in [-0.39, 0.29) is 5.25 Å². The fourth-order valence-electron chi connectivity index (χ4n) is 1.55. The van der Waals surface area contributed by atoms with Crippen LogP contribution in [-0.2, 0) is 10.8 Å². The molecule has 0 aromatic carbocycles. The molecule has 17 heavy (non-hydrogen) atoms. The van der Waals surface area contributed by atoms with Crippen LogP contribution < -0.4 is 5.32 Å². The molecule has 2 unspecified atom stereocenters. The second-order valence-corrected chi connectivity index (χ2v) is 5.76. The summed E-state index contributed by atoms with van der Waals surface area (Å²) < 4.78 is 13.0. The number of nitrogens with one attached hydrogen (secondary N) is 1. The summed E-state index contributed by atoms with van der Waals surface area (Å²) in [6, 6.07) is 1.91. The van der Waals surface area contributed by atoms with Crippen molar-refractivity contribution in [3.8, 4) is 0 Å². The first kappa shape index (κ1) is 12.0. The first-order valence-electron chi connectivity index (χ1n) is 5.53. The molecule has 0 amide bonds. The molecule has 0 aliphatic heterocycles. The fourth-order valence-corrected chi connectivity index (χ4v) is 2.00. The van der Waals surface area contributed by atoms with E-state index in [1.54, 1.807) is 23.2 Å². The van der Waals surface area contributed by atoms with Crippen LogP contribution >= 0.6 is 0 Å². The molecule has 0 aliphatic carbocycles. The lowest BCUT2D eigenvalue weighted by molar-refractivity contribution is 0.672. The maximum atomic E-state index is 11.2. The van der Waals surface area contributed by atoms with E-state index in [0.717, 1.165) is 24.3 Å². The molecule has 0 saturated carbocycles. The molecule has 92 valence electrons. The average molecular weight is 252 g/mol. The lowest BCUT2D eigenvalue weighted by Gasteiger charge is -2.10. The second-order valence-electron chi connectivity index (χ2n) is 3.96. The molecule has 0 aliphatic rings. The van der Waals surface area contributed by atoms with E-state index < -0.39 is 10.8 Å². The van der Waals surface area contributed by atoms with Crippen molar-refractivity contribution in [1.82, 2.24) is 14.6 Å². The van der Waals surface area contributed by atoms with Gasteiger partial charge in [0.2, 0.25) is 0 Å². The van der Waals surface area contributed by atoms with Crippen LogP contribution in [0.1, 0.15) is 13.3 Å². The zero-order valence-electron chi connectivity index (χ0n) is 9.96. The predicted molar refractivity (Wildman–Crippen MR) is 69.6 cm³/mol. The highest BCUT2D eigenvalue weighted by Gasteiger charge is 2.07. The molecule has 1 N–H and O–H groups in total. The van der Waals surface area contributed by atoms with Crippen molar-refractivity contribution in [3.63, 3.8) is 0 Å². The molecule has 5 nitrogen and oxygen atoms in total. The van der Waals surface area contributed by atoms with Crippen molar-refractivity contribution in [3.05, 3.63) is 24.7 Å². The monoisotopic (exact) mass is 252 g/mol. The third-order valence-corrected chi connectivity index (χ3v) is 4.10. The highest BCUT2D eigenvalue weighted by molar-refractivity contribution is 7.84. The van der Waals surface area contributed by atoms with Gasteiger partial charge in [0.1, 0.15) is 5.52 Å². The molecule has 0 saturated heterocycles. The van der Waals surface area contributed by atoms with E-state index in [0.29, 0.717) is 0 Å². The Bertz CT molecular complexity index is 525. The van der Waals surface area contributed by atoms with Gasteiger partial charge in [0, 0.05) is 41.2 Å². The summed E-state index contributed by atoms with van der Waals surface area (Å²) in [6.45, 7) is 2.75. The van der Waals surface area contributed by atoms with Crippen molar-refractivity contribution in [1.29, 1.82) is 0 Å². The molecule has 2 atom stereocenters. The summed E-state index contributed by atoms with van der Waals surface area (Å²) in [5.41, 5.74) is 0.956. The molecular formula is C11H16N4OS. The molecule has 2 heterocycles. The Kier molecular flexibility index (Phi) is 3.73. The van der Waals surface area contributed by atoms with Crippen LogP contribution in [-0.4, -0.2) is 36.9 Å². The highest BCUT2D eigenvalue weighted by Crippen LogP contribution is 2.12. The molecule has 0 fully saturated rings. The number of hydrogen-bond acceptors (Lipinski definition) is 4. The number of nitrogens with zero attached hydrogens (tertiary/aromatic N) is 3. The van der Waals surface area contributed by atoms with Gasteiger partial charge in [0.25, 0.3) is 0 Å². The Morgan fingerprint density at radius 3 is 3.12 bits per heavy atom. The van der Waals surface area contributed by atoms with Crippen molar-refractivity contribution in [2.75, 3.05) is 18.1 Å². The van der Waals surface area contributed by atoms with Gasteiger partial charge in [-0.2, -0.15) is 5.10 Å². The van der Waals surface area contributed by atoms with Gasteiger partial charge in [-0.25, -0.2) is 9.50 Å². The quantitative estimate of drug-likeness (QED) is 0.871. The normalized spacial score (nSPS) is 14.7. The first-order valence-corrected chi connectivity index (χ1v) is 7.15. The Hall–Kier alpha value is -1.43. The van der Waals surface area contributed by atoms with Crippen LogP contribution in [0.5, 0.6) is 0 Å². The van der Waals surface area contributed by atoms with Crippen molar-refractivity contribution >= 4 is 22.1 Å². The summed E-state index contributed by atoms with van der Waals surface area (Å²) in [4.78, 5) is 4.27. The largest absolute Gasteiger partial charge is 0.368 e. The number of hydrogen-bond donors (Lipinski definition) is 1. The molecule has 0 radical (unpaired) electrons. The molecular weight excluding hydrogens is 236 g/mol.